The summed E-state index contributed by atoms with van der Waals surface area (Å²) in [6.07, 6.45) is -0.324. The molecule has 0 unspecified atom stereocenters. The molecule has 1 saturated heterocycles. The highest BCUT2D eigenvalue weighted by Crippen LogP contribution is 2.39. The molecule has 2 aromatic heterocycles. The summed E-state index contributed by atoms with van der Waals surface area (Å²) in [5.74, 6) is -0.380. The van der Waals surface area contributed by atoms with Crippen molar-refractivity contribution in [2.75, 3.05) is 18.8 Å². The molecule has 4 rings (SSSR count). The molecule has 0 saturated carbocycles. The van der Waals surface area contributed by atoms with Crippen LogP contribution in [-0.4, -0.2) is 49.6 Å². The van der Waals surface area contributed by atoms with Gasteiger partial charge in [-0.2, -0.15) is 13.2 Å². The number of pyridine rings is 1. The molecular formula is C27H30F3N5O2. The van der Waals surface area contributed by atoms with Gasteiger partial charge >= 0.3 is 6.18 Å². The molecule has 0 bridgehead atoms. The van der Waals surface area contributed by atoms with Crippen molar-refractivity contribution in [3.05, 3.63) is 59.7 Å². The first-order valence-electron chi connectivity index (χ1n) is 12.2. The number of anilines is 1. The first-order valence-corrected chi connectivity index (χ1v) is 12.2. The molecule has 1 amide bonds. The molecule has 7 nitrogen and oxygen atoms in total. The van der Waals surface area contributed by atoms with Gasteiger partial charge in [0.05, 0.1) is 28.1 Å². The summed E-state index contributed by atoms with van der Waals surface area (Å²) < 4.78 is 42.7. The highest BCUT2D eigenvalue weighted by atomic mass is 19.4. The van der Waals surface area contributed by atoms with Crippen molar-refractivity contribution in [3.8, 4) is 22.4 Å². The quantitative estimate of drug-likeness (QED) is 0.498. The second-order valence-corrected chi connectivity index (χ2v) is 9.85. The van der Waals surface area contributed by atoms with Crippen LogP contribution in [-0.2, 0) is 12.6 Å². The largest absolute Gasteiger partial charge is 0.417 e. The van der Waals surface area contributed by atoms with Crippen LogP contribution in [0, 0.1) is 5.92 Å². The Bertz CT molecular complexity index is 1280. The Morgan fingerprint density at radius 1 is 1.08 bits per heavy atom. The maximum atomic E-state index is 14.2. The zero-order valence-electron chi connectivity index (χ0n) is 21.0. The van der Waals surface area contributed by atoms with Crippen LogP contribution in [0.15, 0.2) is 42.9 Å². The normalized spacial score (nSPS) is 15.2. The Morgan fingerprint density at radius 2 is 1.76 bits per heavy atom. The summed E-state index contributed by atoms with van der Waals surface area (Å²) in [6.45, 7) is 5.88. The predicted octanol–water partition coefficient (Wildman–Crippen LogP) is 4.99. The maximum absolute atomic E-state index is 14.2. The van der Waals surface area contributed by atoms with Crippen LogP contribution in [0.5, 0.6) is 0 Å². The van der Waals surface area contributed by atoms with Crippen molar-refractivity contribution in [3.63, 3.8) is 0 Å². The molecule has 0 spiro atoms. The average Bonchev–Trinajstić information content (AvgIpc) is 2.87. The lowest BCUT2D eigenvalue weighted by atomic mass is 9.83. The van der Waals surface area contributed by atoms with Crippen molar-refractivity contribution in [1.29, 1.82) is 0 Å². The lowest BCUT2D eigenvalue weighted by Crippen LogP contribution is -2.44. The predicted molar refractivity (Wildman–Crippen MR) is 134 cm³/mol. The maximum Gasteiger partial charge on any atom is 0.417 e. The summed E-state index contributed by atoms with van der Waals surface area (Å²) in [6, 6.07) is 7.02. The zero-order valence-corrected chi connectivity index (χ0v) is 21.0. The Labute approximate surface area is 213 Å². The van der Waals surface area contributed by atoms with E-state index < -0.39 is 28.8 Å². The third-order valence-electron chi connectivity index (χ3n) is 6.95. The van der Waals surface area contributed by atoms with Crippen molar-refractivity contribution in [1.82, 2.24) is 19.9 Å². The van der Waals surface area contributed by atoms with Crippen molar-refractivity contribution >= 4 is 11.7 Å². The Balaban J connectivity index is 1.75. The van der Waals surface area contributed by atoms with E-state index in [1.165, 1.54) is 29.6 Å². The van der Waals surface area contributed by atoms with Gasteiger partial charge in [0, 0.05) is 36.0 Å². The number of benzene rings is 1. The van der Waals surface area contributed by atoms with Gasteiger partial charge < -0.3 is 15.7 Å². The van der Waals surface area contributed by atoms with Gasteiger partial charge in [0.2, 0.25) is 0 Å². The van der Waals surface area contributed by atoms with Gasteiger partial charge in [-0.15, -0.1) is 0 Å². The number of carbonyl (C=O) groups excluding carboxylic acids is 1. The smallest absolute Gasteiger partial charge is 0.390 e. The Hall–Kier alpha value is -3.53. The molecule has 1 aromatic carbocycles. The van der Waals surface area contributed by atoms with E-state index in [1.54, 1.807) is 26.0 Å². The molecule has 196 valence electrons. The van der Waals surface area contributed by atoms with Gasteiger partial charge in [-0.3, -0.25) is 4.79 Å². The summed E-state index contributed by atoms with van der Waals surface area (Å²) in [7, 11) is 0. The van der Waals surface area contributed by atoms with Crippen LogP contribution in [0.4, 0.5) is 19.0 Å². The molecule has 37 heavy (non-hydrogen) atoms. The van der Waals surface area contributed by atoms with E-state index in [9.17, 15) is 23.1 Å². The number of alkyl halides is 3. The van der Waals surface area contributed by atoms with Crippen LogP contribution in [0.25, 0.3) is 22.4 Å². The summed E-state index contributed by atoms with van der Waals surface area (Å²) in [5, 5.41) is 10.3. The van der Waals surface area contributed by atoms with Gasteiger partial charge in [-0.1, -0.05) is 13.0 Å². The van der Waals surface area contributed by atoms with E-state index in [0.29, 0.717) is 47.6 Å². The minimum absolute atomic E-state index is 0.0206. The minimum atomic E-state index is -4.75. The molecule has 1 fully saturated rings. The SMILES string of the molecule is CCc1ncnc(-c2ccc(C(=O)N3CCC(C(C)(C)O)CC3)c(C(F)(F)F)c2)c1-c1ccc(N)nc1. The molecule has 0 atom stereocenters. The van der Waals surface area contributed by atoms with Gasteiger partial charge in [-0.25, -0.2) is 15.0 Å². The fourth-order valence-electron chi connectivity index (χ4n) is 4.84. The van der Waals surface area contributed by atoms with Gasteiger partial charge in [0.25, 0.3) is 5.91 Å². The number of amides is 1. The number of halogens is 3. The molecule has 3 aromatic rings. The fourth-order valence-corrected chi connectivity index (χ4v) is 4.84. The molecule has 0 aliphatic carbocycles. The highest BCUT2D eigenvalue weighted by Gasteiger charge is 2.38. The monoisotopic (exact) mass is 513 g/mol. The number of nitrogens with two attached hydrogens (primary N) is 1. The number of hydrogen-bond donors (Lipinski definition) is 2. The molecule has 3 N–H and O–H groups in total. The molecule has 0 radical (unpaired) electrons. The highest BCUT2D eigenvalue weighted by molar-refractivity contribution is 5.97. The third-order valence-corrected chi connectivity index (χ3v) is 6.95. The van der Waals surface area contributed by atoms with Crippen molar-refractivity contribution in [2.24, 2.45) is 5.92 Å². The second kappa shape index (κ2) is 10.1. The van der Waals surface area contributed by atoms with Crippen LogP contribution in [0.3, 0.4) is 0 Å². The Morgan fingerprint density at radius 3 is 2.32 bits per heavy atom. The summed E-state index contributed by atoms with van der Waals surface area (Å²) in [4.78, 5) is 27.4. The lowest BCUT2D eigenvalue weighted by Gasteiger charge is -2.38. The van der Waals surface area contributed by atoms with E-state index in [1.807, 2.05) is 6.92 Å². The average molecular weight is 514 g/mol. The van der Waals surface area contributed by atoms with Gasteiger partial charge in [0.15, 0.2) is 0 Å². The van der Waals surface area contributed by atoms with Crippen LogP contribution >= 0.6 is 0 Å². The standard InChI is InChI=1S/C27H30F3N5O2/c1-4-21-23(17-6-8-22(31)32-14-17)24(34-15-33-21)16-5-7-19(20(13-16)27(28,29)30)25(36)35-11-9-18(10-12-35)26(2,3)37/h5-8,13-15,18,37H,4,9-12H2,1-3H3,(H2,31,32). The molecule has 3 heterocycles. The molecule has 1 aliphatic heterocycles. The zero-order chi connectivity index (χ0) is 27.0. The molecule has 10 heteroatoms. The number of rotatable bonds is 5. The number of nitrogen functional groups attached to an aromatic ring is 1. The number of aliphatic hydroxyl groups is 1. The fraction of sp³-hybridized carbons (Fsp3) is 0.407. The van der Waals surface area contributed by atoms with E-state index >= 15 is 0 Å². The topological polar surface area (TPSA) is 105 Å². The van der Waals surface area contributed by atoms with Gasteiger partial charge in [-0.05, 0) is 63.3 Å². The first kappa shape index (κ1) is 26.5. The number of aromatic nitrogens is 3. The van der Waals surface area contributed by atoms with Crippen LogP contribution < -0.4 is 5.73 Å². The number of piperidine rings is 1. The molecule has 1 aliphatic rings. The van der Waals surface area contributed by atoms with Crippen LogP contribution in [0.2, 0.25) is 0 Å². The van der Waals surface area contributed by atoms with E-state index in [4.69, 9.17) is 5.73 Å². The minimum Gasteiger partial charge on any atom is -0.390 e. The van der Waals surface area contributed by atoms with E-state index in [0.717, 1.165) is 6.07 Å². The van der Waals surface area contributed by atoms with E-state index in [2.05, 4.69) is 15.0 Å². The molecular weight excluding hydrogens is 483 g/mol. The van der Waals surface area contributed by atoms with E-state index in [-0.39, 0.29) is 24.6 Å². The van der Waals surface area contributed by atoms with Crippen molar-refractivity contribution in [2.45, 2.75) is 51.8 Å². The number of hydrogen-bond acceptors (Lipinski definition) is 6. The second-order valence-electron chi connectivity index (χ2n) is 9.85. The lowest BCUT2D eigenvalue weighted by molar-refractivity contribution is -0.138. The first-order chi connectivity index (χ1) is 17.4. The van der Waals surface area contributed by atoms with Crippen molar-refractivity contribution < 1.29 is 23.1 Å². The summed E-state index contributed by atoms with van der Waals surface area (Å²) in [5.41, 5.74) is 5.77. The number of nitrogens with zero attached hydrogens (tertiary/aromatic N) is 4. The number of carbonyl (C=O) groups is 1. The third kappa shape index (κ3) is 5.58. The number of likely N-dealkylation sites (tertiary alicyclic amines) is 1. The Kier molecular flexibility index (Phi) is 7.23. The van der Waals surface area contributed by atoms with Crippen LogP contribution in [0.1, 0.15) is 55.2 Å². The number of aryl methyl sites for hydroxylation is 1. The summed E-state index contributed by atoms with van der Waals surface area (Å²) >= 11 is 0. The van der Waals surface area contributed by atoms with Gasteiger partial charge in [0.1, 0.15) is 12.1 Å².